The molecule has 2 aromatic carbocycles. The molecular weight excluding hydrogens is 390 g/mol. The van der Waals surface area contributed by atoms with Gasteiger partial charge in [0.05, 0.1) is 17.3 Å². The minimum atomic E-state index is -0.806. The molecule has 4 N–H and O–H groups in total. The van der Waals surface area contributed by atoms with Gasteiger partial charge in [-0.05, 0) is 49.1 Å². The SMILES string of the molecule is CCCCC(C)N(CC(O)c1ccc(O)c2[nH]c(=O)ccc12)Nc1ccccc1CC. The van der Waals surface area contributed by atoms with Crippen molar-refractivity contribution in [1.82, 2.24) is 9.99 Å². The van der Waals surface area contributed by atoms with Crippen LogP contribution in [0, 0.1) is 0 Å². The first-order valence-electron chi connectivity index (χ1n) is 11.1. The quantitative estimate of drug-likeness (QED) is 0.354. The number of aryl methyl sites for hydroxylation is 1. The second-order valence-corrected chi connectivity index (χ2v) is 8.07. The largest absolute Gasteiger partial charge is 0.506 e. The average molecular weight is 424 g/mol. The summed E-state index contributed by atoms with van der Waals surface area (Å²) in [6, 6.07) is 14.7. The Hall–Kier alpha value is -2.83. The Morgan fingerprint density at radius 3 is 2.61 bits per heavy atom. The molecule has 166 valence electrons. The van der Waals surface area contributed by atoms with Gasteiger partial charge in [0.1, 0.15) is 5.75 Å². The van der Waals surface area contributed by atoms with Crippen molar-refractivity contribution in [3.8, 4) is 5.75 Å². The fourth-order valence-corrected chi connectivity index (χ4v) is 3.92. The number of benzene rings is 2. The van der Waals surface area contributed by atoms with Gasteiger partial charge in [0.2, 0.25) is 5.56 Å². The van der Waals surface area contributed by atoms with E-state index >= 15 is 0 Å². The number of hydrogen-bond donors (Lipinski definition) is 4. The molecule has 0 aliphatic carbocycles. The molecule has 3 rings (SSSR count). The van der Waals surface area contributed by atoms with Crippen LogP contribution in [0.4, 0.5) is 5.69 Å². The zero-order valence-corrected chi connectivity index (χ0v) is 18.6. The first-order chi connectivity index (χ1) is 14.9. The van der Waals surface area contributed by atoms with Crippen molar-refractivity contribution in [3.05, 3.63) is 70.0 Å². The fraction of sp³-hybridized carbons (Fsp3) is 0.400. The molecule has 0 bridgehead atoms. The van der Waals surface area contributed by atoms with Crippen molar-refractivity contribution >= 4 is 16.6 Å². The van der Waals surface area contributed by atoms with Gasteiger partial charge in [-0.3, -0.25) is 4.79 Å². The van der Waals surface area contributed by atoms with E-state index in [2.05, 4.69) is 48.3 Å². The van der Waals surface area contributed by atoms with Gasteiger partial charge in [-0.25, -0.2) is 5.01 Å². The maximum atomic E-state index is 11.7. The van der Waals surface area contributed by atoms with Crippen LogP contribution >= 0.6 is 0 Å². The Kier molecular flexibility index (Phi) is 7.71. The number of aliphatic hydroxyl groups excluding tert-OH is 1. The number of phenolic OH excluding ortho intramolecular Hbond substituents is 1. The van der Waals surface area contributed by atoms with Crippen LogP contribution in [0.1, 0.15) is 57.3 Å². The van der Waals surface area contributed by atoms with Crippen LogP contribution in [0.15, 0.2) is 53.3 Å². The topological polar surface area (TPSA) is 88.6 Å². The minimum absolute atomic E-state index is 0.00758. The van der Waals surface area contributed by atoms with E-state index in [0.29, 0.717) is 23.0 Å². The number of aromatic amines is 1. The number of anilines is 1. The van der Waals surface area contributed by atoms with Crippen molar-refractivity contribution < 1.29 is 10.2 Å². The number of aromatic hydroxyl groups is 1. The van der Waals surface area contributed by atoms with E-state index in [1.807, 2.05) is 12.1 Å². The summed E-state index contributed by atoms with van der Waals surface area (Å²) in [4.78, 5) is 14.4. The smallest absolute Gasteiger partial charge is 0.248 e. The lowest BCUT2D eigenvalue weighted by Crippen LogP contribution is -2.41. The predicted octanol–water partition coefficient (Wildman–Crippen LogP) is 4.74. The highest BCUT2D eigenvalue weighted by atomic mass is 16.3. The summed E-state index contributed by atoms with van der Waals surface area (Å²) in [5.41, 5.74) is 6.53. The van der Waals surface area contributed by atoms with Crippen molar-refractivity contribution in [2.75, 3.05) is 12.0 Å². The zero-order chi connectivity index (χ0) is 22.4. The van der Waals surface area contributed by atoms with E-state index in [0.717, 1.165) is 31.4 Å². The molecule has 0 saturated carbocycles. The highest BCUT2D eigenvalue weighted by molar-refractivity contribution is 5.87. The number of rotatable bonds is 10. The molecule has 0 radical (unpaired) electrons. The van der Waals surface area contributed by atoms with Gasteiger partial charge in [-0.1, -0.05) is 51.0 Å². The van der Waals surface area contributed by atoms with E-state index in [1.165, 1.54) is 17.7 Å². The van der Waals surface area contributed by atoms with Crippen molar-refractivity contribution in [1.29, 1.82) is 0 Å². The highest BCUT2D eigenvalue weighted by Crippen LogP contribution is 2.30. The van der Waals surface area contributed by atoms with Crippen molar-refractivity contribution in [3.63, 3.8) is 0 Å². The first kappa shape index (κ1) is 22.8. The summed E-state index contributed by atoms with van der Waals surface area (Å²) in [6.07, 6.45) is 3.34. The molecule has 3 aromatic rings. The van der Waals surface area contributed by atoms with Gasteiger partial charge in [-0.2, -0.15) is 0 Å². The molecule has 1 aromatic heterocycles. The van der Waals surface area contributed by atoms with Crippen LogP contribution in [0.3, 0.4) is 0 Å². The summed E-state index contributed by atoms with van der Waals surface area (Å²) in [7, 11) is 0. The minimum Gasteiger partial charge on any atom is -0.506 e. The van der Waals surface area contributed by atoms with Gasteiger partial charge in [-0.15, -0.1) is 0 Å². The molecule has 6 heteroatoms. The third-order valence-corrected chi connectivity index (χ3v) is 5.81. The standard InChI is InChI=1S/C25H33N3O3/c1-4-6-9-17(3)28(27-21-11-8-7-10-18(21)5-2)16-23(30)19-12-14-22(29)25-20(19)13-15-24(31)26-25/h7-8,10-15,17,23,27,29-30H,4-6,9,16H2,1-3H3,(H,26,31). The number of para-hydroxylation sites is 1. The number of unbranched alkanes of at least 4 members (excludes halogenated alkanes) is 1. The normalized spacial score (nSPS) is 13.5. The molecule has 0 aliphatic heterocycles. The molecule has 2 atom stereocenters. The monoisotopic (exact) mass is 423 g/mol. The van der Waals surface area contributed by atoms with E-state index < -0.39 is 6.10 Å². The van der Waals surface area contributed by atoms with E-state index in [9.17, 15) is 15.0 Å². The molecule has 0 aliphatic rings. The van der Waals surface area contributed by atoms with Crippen molar-refractivity contribution in [2.45, 2.75) is 58.6 Å². The number of H-pyrrole nitrogens is 1. The predicted molar refractivity (Wildman–Crippen MR) is 126 cm³/mol. The molecule has 1 heterocycles. The van der Waals surface area contributed by atoms with Gasteiger partial charge < -0.3 is 20.6 Å². The van der Waals surface area contributed by atoms with E-state index in [-0.39, 0.29) is 17.4 Å². The lowest BCUT2D eigenvalue weighted by molar-refractivity contribution is 0.105. The second kappa shape index (κ2) is 10.5. The molecule has 2 unspecified atom stereocenters. The molecule has 6 nitrogen and oxygen atoms in total. The third kappa shape index (κ3) is 5.46. The molecular formula is C25H33N3O3. The van der Waals surface area contributed by atoms with E-state index in [1.54, 1.807) is 12.1 Å². The molecule has 0 fully saturated rings. The Morgan fingerprint density at radius 2 is 1.87 bits per heavy atom. The Labute approximate surface area is 183 Å². The Balaban J connectivity index is 1.91. The number of pyridine rings is 1. The van der Waals surface area contributed by atoms with Crippen LogP contribution in [0.2, 0.25) is 0 Å². The number of nitrogens with zero attached hydrogens (tertiary/aromatic N) is 1. The highest BCUT2D eigenvalue weighted by Gasteiger charge is 2.21. The lowest BCUT2D eigenvalue weighted by atomic mass is 10.0. The average Bonchev–Trinajstić information content (AvgIpc) is 2.77. The van der Waals surface area contributed by atoms with Crippen LogP contribution in [-0.4, -0.2) is 32.8 Å². The maximum Gasteiger partial charge on any atom is 0.248 e. The Morgan fingerprint density at radius 1 is 1.10 bits per heavy atom. The van der Waals surface area contributed by atoms with Crippen LogP contribution in [-0.2, 0) is 6.42 Å². The number of nitrogens with one attached hydrogen (secondary N) is 2. The van der Waals surface area contributed by atoms with E-state index in [4.69, 9.17) is 0 Å². The van der Waals surface area contributed by atoms with Crippen LogP contribution in [0.25, 0.3) is 10.9 Å². The molecule has 0 saturated heterocycles. The summed E-state index contributed by atoms with van der Waals surface area (Å²) in [5.74, 6) is -0.00758. The molecule has 0 spiro atoms. The van der Waals surface area contributed by atoms with Gasteiger partial charge in [0.25, 0.3) is 0 Å². The number of fused-ring (bicyclic) bond motifs is 1. The second-order valence-electron chi connectivity index (χ2n) is 8.07. The van der Waals surface area contributed by atoms with Gasteiger partial charge >= 0.3 is 0 Å². The zero-order valence-electron chi connectivity index (χ0n) is 18.6. The van der Waals surface area contributed by atoms with Crippen LogP contribution < -0.4 is 11.0 Å². The Bertz CT molecular complexity index is 1060. The van der Waals surface area contributed by atoms with Crippen molar-refractivity contribution in [2.24, 2.45) is 0 Å². The number of phenols is 1. The molecule has 31 heavy (non-hydrogen) atoms. The van der Waals surface area contributed by atoms with Gasteiger partial charge in [0, 0.05) is 24.0 Å². The fourth-order valence-electron chi connectivity index (χ4n) is 3.92. The summed E-state index contributed by atoms with van der Waals surface area (Å²) >= 11 is 0. The molecule has 0 amide bonds. The summed E-state index contributed by atoms with van der Waals surface area (Å²) in [5, 5.41) is 24.1. The first-order valence-corrected chi connectivity index (χ1v) is 11.1. The van der Waals surface area contributed by atoms with Crippen LogP contribution in [0.5, 0.6) is 5.75 Å². The number of aromatic nitrogens is 1. The summed E-state index contributed by atoms with van der Waals surface area (Å²) in [6.45, 7) is 6.83. The maximum absolute atomic E-state index is 11.7. The number of hydrogen-bond acceptors (Lipinski definition) is 5. The number of aliphatic hydroxyl groups is 1. The third-order valence-electron chi connectivity index (χ3n) is 5.81. The number of hydrazine groups is 1. The lowest BCUT2D eigenvalue weighted by Gasteiger charge is -2.33. The van der Waals surface area contributed by atoms with Gasteiger partial charge in [0.15, 0.2) is 0 Å². The summed E-state index contributed by atoms with van der Waals surface area (Å²) < 4.78 is 0.